The number of fused-ring (bicyclic) bond motifs is 1. The molecule has 21 heavy (non-hydrogen) atoms. The van der Waals surface area contributed by atoms with Crippen LogP contribution in [0.4, 0.5) is 0 Å². The summed E-state index contributed by atoms with van der Waals surface area (Å²) in [6.45, 7) is 3.23. The molecule has 1 saturated heterocycles. The third-order valence-corrected chi connectivity index (χ3v) is 4.98. The van der Waals surface area contributed by atoms with Crippen LogP contribution in [-0.2, 0) is 6.42 Å². The lowest BCUT2D eigenvalue weighted by Gasteiger charge is -2.22. The molecule has 1 aromatic heterocycles. The third kappa shape index (κ3) is 2.27. The van der Waals surface area contributed by atoms with Gasteiger partial charge >= 0.3 is 0 Å². The van der Waals surface area contributed by atoms with Gasteiger partial charge in [0.2, 0.25) is 5.89 Å². The Kier molecular flexibility index (Phi) is 3.26. The second kappa shape index (κ2) is 5.26. The van der Waals surface area contributed by atoms with Crippen molar-refractivity contribution in [1.82, 2.24) is 15.5 Å². The summed E-state index contributed by atoms with van der Waals surface area (Å²) in [4.78, 5) is 4.75. The predicted octanol–water partition coefficient (Wildman–Crippen LogP) is 3.00. The van der Waals surface area contributed by atoms with Crippen molar-refractivity contribution in [2.24, 2.45) is 0 Å². The van der Waals surface area contributed by atoms with Gasteiger partial charge in [-0.25, -0.2) is 0 Å². The molecule has 0 spiro atoms. The van der Waals surface area contributed by atoms with Crippen molar-refractivity contribution in [2.75, 3.05) is 6.54 Å². The van der Waals surface area contributed by atoms with E-state index in [-0.39, 0.29) is 0 Å². The maximum atomic E-state index is 5.59. The Morgan fingerprint density at radius 1 is 1.24 bits per heavy atom. The summed E-state index contributed by atoms with van der Waals surface area (Å²) in [5.74, 6) is 2.35. The molecule has 4 heteroatoms. The minimum Gasteiger partial charge on any atom is -0.339 e. The molecule has 0 bridgehead atoms. The summed E-state index contributed by atoms with van der Waals surface area (Å²) in [5.41, 5.74) is 2.82. The highest BCUT2D eigenvalue weighted by atomic mass is 16.5. The molecule has 2 heterocycles. The molecule has 4 rings (SSSR count). The zero-order valence-electron chi connectivity index (χ0n) is 12.4. The van der Waals surface area contributed by atoms with Crippen molar-refractivity contribution in [2.45, 2.75) is 50.5 Å². The summed E-state index contributed by atoms with van der Waals surface area (Å²) in [5, 5.41) is 7.75. The van der Waals surface area contributed by atoms with E-state index in [1.165, 1.54) is 24.0 Å². The van der Waals surface area contributed by atoms with Crippen molar-refractivity contribution in [3.05, 3.63) is 47.1 Å². The van der Waals surface area contributed by atoms with Gasteiger partial charge in [0.25, 0.3) is 0 Å². The highest BCUT2D eigenvalue weighted by Gasteiger charge is 2.31. The molecule has 2 aromatic rings. The smallest absolute Gasteiger partial charge is 0.231 e. The third-order valence-electron chi connectivity index (χ3n) is 4.98. The molecule has 1 aromatic carbocycles. The number of nitrogens with one attached hydrogen (secondary N) is 1. The molecule has 4 nitrogen and oxygen atoms in total. The van der Waals surface area contributed by atoms with E-state index in [1.54, 1.807) is 0 Å². The fourth-order valence-corrected chi connectivity index (χ4v) is 3.76. The van der Waals surface area contributed by atoms with E-state index in [0.29, 0.717) is 17.9 Å². The predicted molar refractivity (Wildman–Crippen MR) is 80.3 cm³/mol. The van der Waals surface area contributed by atoms with E-state index < -0.39 is 0 Å². The van der Waals surface area contributed by atoms with Gasteiger partial charge in [-0.2, -0.15) is 4.98 Å². The summed E-state index contributed by atoms with van der Waals surface area (Å²) < 4.78 is 5.59. The number of hydrogen-bond acceptors (Lipinski definition) is 4. The van der Waals surface area contributed by atoms with E-state index >= 15 is 0 Å². The Labute approximate surface area is 124 Å². The second-order valence-electron chi connectivity index (χ2n) is 6.27. The SMILES string of the molecule is CC1NCCC1c1nc(C2CCCc3ccccc32)no1. The van der Waals surface area contributed by atoms with Crippen LogP contribution in [0, 0.1) is 0 Å². The average Bonchev–Trinajstić information content (AvgIpc) is 3.15. The first kappa shape index (κ1) is 13.0. The molecule has 0 amide bonds. The maximum Gasteiger partial charge on any atom is 0.231 e. The van der Waals surface area contributed by atoms with Crippen LogP contribution in [0.1, 0.15) is 60.9 Å². The molecule has 1 fully saturated rings. The number of benzene rings is 1. The minimum atomic E-state index is 0.303. The van der Waals surface area contributed by atoms with Crippen molar-refractivity contribution in [3.63, 3.8) is 0 Å². The fraction of sp³-hybridized carbons (Fsp3) is 0.529. The number of aromatic nitrogens is 2. The zero-order valence-corrected chi connectivity index (χ0v) is 12.4. The molecule has 1 N–H and O–H groups in total. The lowest BCUT2D eigenvalue weighted by molar-refractivity contribution is 0.339. The Bertz CT molecular complexity index is 636. The van der Waals surface area contributed by atoms with Gasteiger partial charge in [-0.15, -0.1) is 0 Å². The van der Waals surface area contributed by atoms with Crippen LogP contribution < -0.4 is 5.32 Å². The van der Waals surface area contributed by atoms with Crippen LogP contribution in [0.5, 0.6) is 0 Å². The largest absolute Gasteiger partial charge is 0.339 e. The molecule has 1 aliphatic carbocycles. The maximum absolute atomic E-state index is 5.59. The highest BCUT2D eigenvalue weighted by Crippen LogP contribution is 2.36. The van der Waals surface area contributed by atoms with E-state index in [2.05, 4.69) is 41.7 Å². The first-order valence-corrected chi connectivity index (χ1v) is 7.97. The second-order valence-corrected chi connectivity index (χ2v) is 6.27. The Balaban J connectivity index is 1.65. The van der Waals surface area contributed by atoms with Gasteiger partial charge in [-0.1, -0.05) is 29.4 Å². The summed E-state index contributed by atoms with van der Waals surface area (Å²) in [7, 11) is 0. The monoisotopic (exact) mass is 283 g/mol. The molecular formula is C17H21N3O. The average molecular weight is 283 g/mol. The van der Waals surface area contributed by atoms with E-state index in [0.717, 1.165) is 31.1 Å². The van der Waals surface area contributed by atoms with Crippen LogP contribution in [0.15, 0.2) is 28.8 Å². The summed E-state index contributed by atoms with van der Waals surface area (Å²) in [6.07, 6.45) is 4.58. The summed E-state index contributed by atoms with van der Waals surface area (Å²) >= 11 is 0. The molecule has 110 valence electrons. The molecule has 2 aliphatic rings. The zero-order chi connectivity index (χ0) is 14.2. The Hall–Kier alpha value is -1.68. The van der Waals surface area contributed by atoms with Crippen LogP contribution in [0.3, 0.4) is 0 Å². The van der Waals surface area contributed by atoms with Gasteiger partial charge < -0.3 is 9.84 Å². The standard InChI is InChI=1S/C17H21N3O/c1-11-13(9-10-18-11)17-19-16(20-21-17)15-8-4-6-12-5-2-3-7-14(12)15/h2-3,5,7,11,13,15,18H,4,6,8-10H2,1H3. The lowest BCUT2D eigenvalue weighted by Crippen LogP contribution is -2.21. The number of rotatable bonds is 2. The van der Waals surface area contributed by atoms with Crippen LogP contribution in [-0.4, -0.2) is 22.7 Å². The molecule has 0 saturated carbocycles. The minimum absolute atomic E-state index is 0.303. The quantitative estimate of drug-likeness (QED) is 0.920. The van der Waals surface area contributed by atoms with Crippen molar-refractivity contribution in [1.29, 1.82) is 0 Å². The summed E-state index contributed by atoms with van der Waals surface area (Å²) in [6, 6.07) is 9.10. The lowest BCUT2D eigenvalue weighted by atomic mass is 9.82. The van der Waals surface area contributed by atoms with Crippen LogP contribution in [0.2, 0.25) is 0 Å². The molecule has 3 atom stereocenters. The molecule has 0 radical (unpaired) electrons. The number of hydrogen-bond donors (Lipinski definition) is 1. The number of aryl methyl sites for hydroxylation is 1. The van der Waals surface area contributed by atoms with Gasteiger partial charge in [0, 0.05) is 12.0 Å². The highest BCUT2D eigenvalue weighted by molar-refractivity contribution is 5.36. The van der Waals surface area contributed by atoms with Gasteiger partial charge in [-0.3, -0.25) is 0 Å². The molecule has 1 aliphatic heterocycles. The van der Waals surface area contributed by atoms with E-state index in [1.807, 2.05) is 0 Å². The first-order chi connectivity index (χ1) is 10.3. The number of nitrogens with zero attached hydrogens (tertiary/aromatic N) is 2. The molecular weight excluding hydrogens is 262 g/mol. The Morgan fingerprint density at radius 3 is 3.00 bits per heavy atom. The van der Waals surface area contributed by atoms with Gasteiger partial charge in [0.15, 0.2) is 5.82 Å². The van der Waals surface area contributed by atoms with Gasteiger partial charge in [0.05, 0.1) is 5.92 Å². The van der Waals surface area contributed by atoms with Crippen molar-refractivity contribution < 1.29 is 4.52 Å². The van der Waals surface area contributed by atoms with Crippen molar-refractivity contribution in [3.8, 4) is 0 Å². The van der Waals surface area contributed by atoms with Crippen molar-refractivity contribution >= 4 is 0 Å². The van der Waals surface area contributed by atoms with E-state index in [4.69, 9.17) is 9.51 Å². The topological polar surface area (TPSA) is 51.0 Å². The first-order valence-electron chi connectivity index (χ1n) is 7.97. The van der Waals surface area contributed by atoms with Gasteiger partial charge in [0.1, 0.15) is 0 Å². The molecule has 3 unspecified atom stereocenters. The van der Waals surface area contributed by atoms with Crippen LogP contribution >= 0.6 is 0 Å². The van der Waals surface area contributed by atoms with Crippen LogP contribution in [0.25, 0.3) is 0 Å². The Morgan fingerprint density at radius 2 is 2.14 bits per heavy atom. The van der Waals surface area contributed by atoms with Gasteiger partial charge in [-0.05, 0) is 50.3 Å². The fourth-order valence-electron chi connectivity index (χ4n) is 3.76. The van der Waals surface area contributed by atoms with E-state index in [9.17, 15) is 0 Å². The normalized spacial score (nSPS) is 28.5.